The molecule has 1 aliphatic carbocycles. The average molecular weight is 513 g/mol. The van der Waals surface area contributed by atoms with Crippen LogP contribution in [0.5, 0.6) is 0 Å². The predicted molar refractivity (Wildman–Crippen MR) is 157 cm³/mol. The molecule has 206 valence electrons. The number of rotatable bonds is 16. The number of nitrogens with zero attached hydrogens (tertiary/aromatic N) is 3. The summed E-state index contributed by atoms with van der Waals surface area (Å²) in [5.74, 6) is 1.11. The molecule has 0 radical (unpaired) electrons. The van der Waals surface area contributed by atoms with Crippen LogP contribution in [-0.4, -0.2) is 71.7 Å². The number of benzene rings is 1. The first-order valence-corrected chi connectivity index (χ1v) is 13.2. The molecule has 1 heterocycles. The molecule has 0 fully saturated rings. The van der Waals surface area contributed by atoms with Gasteiger partial charge in [0.1, 0.15) is 5.82 Å². The van der Waals surface area contributed by atoms with Gasteiger partial charge in [-0.15, -0.1) is 0 Å². The van der Waals surface area contributed by atoms with Gasteiger partial charge in [-0.3, -0.25) is 4.90 Å². The van der Waals surface area contributed by atoms with E-state index in [2.05, 4.69) is 93.9 Å². The van der Waals surface area contributed by atoms with E-state index in [-0.39, 0.29) is 11.0 Å². The van der Waals surface area contributed by atoms with Crippen LogP contribution in [0, 0.1) is 0 Å². The summed E-state index contributed by atoms with van der Waals surface area (Å²) < 4.78 is 2.36. The fraction of sp³-hybridized carbons (Fsp3) is 0.483. The molecular formula is C29H48N6O2. The Morgan fingerprint density at radius 3 is 2.62 bits per heavy atom. The van der Waals surface area contributed by atoms with Crippen LogP contribution in [0.3, 0.4) is 0 Å². The van der Waals surface area contributed by atoms with Crippen LogP contribution in [0.15, 0.2) is 72.0 Å². The SMILES string of the molecule is C/C=C(\C=C/NC)CN(CCC)CCNCCNCc1nc2ccccc2n1CC1=CCCC=C1.O.O. The van der Waals surface area contributed by atoms with Gasteiger partial charge in [-0.2, -0.15) is 0 Å². The molecule has 37 heavy (non-hydrogen) atoms. The van der Waals surface area contributed by atoms with E-state index in [1.54, 1.807) is 0 Å². The van der Waals surface area contributed by atoms with E-state index in [0.29, 0.717) is 0 Å². The van der Waals surface area contributed by atoms with Crippen molar-refractivity contribution < 1.29 is 11.0 Å². The first-order chi connectivity index (χ1) is 17.2. The van der Waals surface area contributed by atoms with Gasteiger partial charge in [-0.1, -0.05) is 43.4 Å². The minimum atomic E-state index is 0. The molecule has 1 aliphatic rings. The van der Waals surface area contributed by atoms with Crippen molar-refractivity contribution in [3.8, 4) is 0 Å². The number of aromatic nitrogens is 2. The van der Waals surface area contributed by atoms with Gasteiger partial charge in [0.25, 0.3) is 0 Å². The quantitative estimate of drug-likeness (QED) is 0.236. The normalized spacial score (nSPS) is 13.6. The number of para-hydroxylation sites is 2. The lowest BCUT2D eigenvalue weighted by Gasteiger charge is -2.22. The minimum absolute atomic E-state index is 0. The van der Waals surface area contributed by atoms with Gasteiger partial charge < -0.3 is 31.5 Å². The Balaban J connectivity index is 0.00000342. The summed E-state index contributed by atoms with van der Waals surface area (Å²) in [5, 5.41) is 10.3. The molecule has 0 saturated heterocycles. The van der Waals surface area contributed by atoms with Crippen molar-refractivity contribution >= 4 is 11.0 Å². The maximum atomic E-state index is 4.92. The van der Waals surface area contributed by atoms with E-state index in [1.807, 2.05) is 13.2 Å². The average Bonchev–Trinajstić information content (AvgIpc) is 3.23. The van der Waals surface area contributed by atoms with E-state index in [4.69, 9.17) is 4.98 Å². The molecule has 0 bridgehead atoms. The highest BCUT2D eigenvalue weighted by Gasteiger charge is 2.11. The van der Waals surface area contributed by atoms with Crippen molar-refractivity contribution in [3.05, 3.63) is 77.8 Å². The third-order valence-electron chi connectivity index (χ3n) is 6.29. The van der Waals surface area contributed by atoms with Crippen molar-refractivity contribution in [2.24, 2.45) is 0 Å². The molecule has 0 saturated carbocycles. The highest BCUT2D eigenvalue weighted by atomic mass is 16.0. The summed E-state index contributed by atoms with van der Waals surface area (Å²) in [6.45, 7) is 12.0. The number of nitrogens with one attached hydrogen (secondary N) is 3. The van der Waals surface area contributed by atoms with Crippen LogP contribution >= 0.6 is 0 Å². The monoisotopic (exact) mass is 512 g/mol. The zero-order valence-corrected chi connectivity index (χ0v) is 22.9. The molecule has 0 unspecified atom stereocenters. The van der Waals surface area contributed by atoms with Gasteiger partial charge in [0.05, 0.1) is 17.6 Å². The summed E-state index contributed by atoms with van der Waals surface area (Å²) in [6, 6.07) is 8.46. The molecule has 0 spiro atoms. The molecule has 0 aliphatic heterocycles. The molecule has 1 aromatic carbocycles. The first kappa shape index (κ1) is 32.3. The second-order valence-corrected chi connectivity index (χ2v) is 9.05. The third kappa shape index (κ3) is 10.6. The van der Waals surface area contributed by atoms with Crippen molar-refractivity contribution in [2.75, 3.05) is 46.3 Å². The fourth-order valence-corrected chi connectivity index (χ4v) is 4.42. The van der Waals surface area contributed by atoms with Crippen molar-refractivity contribution in [3.63, 3.8) is 0 Å². The van der Waals surface area contributed by atoms with Crippen LogP contribution in [0.1, 0.15) is 38.9 Å². The van der Waals surface area contributed by atoms with Gasteiger partial charge >= 0.3 is 0 Å². The van der Waals surface area contributed by atoms with E-state index in [1.165, 1.54) is 23.1 Å². The smallest absolute Gasteiger partial charge is 0.124 e. The molecule has 8 heteroatoms. The molecule has 0 amide bonds. The Morgan fingerprint density at radius 1 is 1.08 bits per heavy atom. The van der Waals surface area contributed by atoms with Gasteiger partial charge in [0, 0.05) is 46.3 Å². The molecule has 8 nitrogen and oxygen atoms in total. The number of allylic oxidation sites excluding steroid dienone is 5. The zero-order chi connectivity index (χ0) is 24.7. The fourth-order valence-electron chi connectivity index (χ4n) is 4.42. The standard InChI is InChI=1S/C29H44N6.2H2O/c1-4-20-34(23-25(5-2)15-16-30-3)21-19-31-17-18-32-22-29-33-27-13-9-10-14-28(27)35(29)24-26-11-7-6-8-12-26;;/h5,7,9-16,30-32H,4,6,8,17-24H2,1-3H3;2*1H2/b16-15-,25-5+;;. The second kappa shape index (κ2) is 18.5. The lowest BCUT2D eigenvalue weighted by Crippen LogP contribution is -2.36. The highest BCUT2D eigenvalue weighted by molar-refractivity contribution is 5.76. The van der Waals surface area contributed by atoms with Gasteiger partial charge in [0.15, 0.2) is 0 Å². The molecule has 7 N–H and O–H groups in total. The van der Waals surface area contributed by atoms with E-state index < -0.39 is 0 Å². The highest BCUT2D eigenvalue weighted by Crippen LogP contribution is 2.20. The predicted octanol–water partition coefficient (Wildman–Crippen LogP) is 2.73. The van der Waals surface area contributed by atoms with Crippen LogP contribution in [0.25, 0.3) is 11.0 Å². The Labute approximate surface area is 222 Å². The maximum absolute atomic E-state index is 4.92. The van der Waals surface area contributed by atoms with E-state index >= 15 is 0 Å². The number of hydrogen-bond donors (Lipinski definition) is 3. The Hall–Kier alpha value is -2.75. The van der Waals surface area contributed by atoms with Crippen molar-refractivity contribution in [2.45, 2.75) is 46.2 Å². The zero-order valence-electron chi connectivity index (χ0n) is 22.9. The minimum Gasteiger partial charge on any atom is -0.412 e. The lowest BCUT2D eigenvalue weighted by atomic mass is 10.1. The first-order valence-electron chi connectivity index (χ1n) is 13.2. The summed E-state index contributed by atoms with van der Waals surface area (Å²) in [7, 11) is 1.94. The second-order valence-electron chi connectivity index (χ2n) is 9.05. The summed E-state index contributed by atoms with van der Waals surface area (Å²) >= 11 is 0. The molecule has 2 aromatic rings. The van der Waals surface area contributed by atoms with Crippen LogP contribution in [0.4, 0.5) is 0 Å². The maximum Gasteiger partial charge on any atom is 0.124 e. The van der Waals surface area contributed by atoms with Crippen LogP contribution in [-0.2, 0) is 13.1 Å². The number of hydrogen-bond acceptors (Lipinski definition) is 5. The summed E-state index contributed by atoms with van der Waals surface area (Å²) in [5.41, 5.74) is 5.01. The summed E-state index contributed by atoms with van der Waals surface area (Å²) in [4.78, 5) is 7.44. The molecule has 0 atom stereocenters. The molecule has 1 aromatic heterocycles. The van der Waals surface area contributed by atoms with Gasteiger partial charge in [-0.05, 0) is 68.3 Å². The van der Waals surface area contributed by atoms with Crippen LogP contribution in [0.2, 0.25) is 0 Å². The van der Waals surface area contributed by atoms with Gasteiger partial charge in [-0.25, -0.2) is 4.98 Å². The largest absolute Gasteiger partial charge is 0.412 e. The topological polar surface area (TPSA) is 120 Å². The molecule has 3 rings (SSSR count). The van der Waals surface area contributed by atoms with E-state index in [0.717, 1.165) is 76.5 Å². The Morgan fingerprint density at radius 2 is 1.89 bits per heavy atom. The summed E-state index contributed by atoms with van der Waals surface area (Å²) in [6.07, 6.45) is 16.7. The Kier molecular flexibility index (Phi) is 16.1. The Bertz CT molecular complexity index is 1020. The van der Waals surface area contributed by atoms with Crippen LogP contribution < -0.4 is 16.0 Å². The number of fused-ring (bicyclic) bond motifs is 1. The number of imidazole rings is 1. The van der Waals surface area contributed by atoms with E-state index in [9.17, 15) is 0 Å². The van der Waals surface area contributed by atoms with Gasteiger partial charge in [0.2, 0.25) is 0 Å². The van der Waals surface area contributed by atoms with Crippen molar-refractivity contribution in [1.29, 1.82) is 0 Å². The molecular weight excluding hydrogens is 464 g/mol. The lowest BCUT2D eigenvalue weighted by molar-refractivity contribution is 0.297. The third-order valence-corrected chi connectivity index (χ3v) is 6.29. The van der Waals surface area contributed by atoms with Crippen molar-refractivity contribution in [1.82, 2.24) is 30.4 Å².